The maximum absolute atomic E-state index is 12.4. The van der Waals surface area contributed by atoms with Crippen LogP contribution < -0.4 is 0 Å². The summed E-state index contributed by atoms with van der Waals surface area (Å²) in [5.41, 5.74) is 0. The van der Waals surface area contributed by atoms with E-state index in [2.05, 4.69) is 4.74 Å². The first-order valence-corrected chi connectivity index (χ1v) is 8.82. The third-order valence-corrected chi connectivity index (χ3v) is 4.50. The van der Waals surface area contributed by atoms with Crippen LogP contribution in [0.25, 0.3) is 0 Å². The Morgan fingerprint density at radius 3 is 1.79 bits per heavy atom. The minimum absolute atomic E-state index is 0. The quantitative estimate of drug-likeness (QED) is 0.138. The molecular formula is C21H23O9Rf3-3. The molecule has 0 spiro atoms. The standard InChI is InChI=1S/C21H23O9.3Rf/c1-13(25)17(6-5-9-22)16(12-24)10-18(21(28)30-4)20(14(2)26)15(11-23)7-8-19(27)29-3;;;/h5-8,15-18,20H,10H2,1-4H3;;;/q-3;;;. The van der Waals surface area contributed by atoms with E-state index >= 15 is 0 Å². The van der Waals surface area contributed by atoms with Crippen molar-refractivity contribution >= 4 is 42.4 Å². The molecule has 0 rings (SSSR count). The molecular weight excluding hydrogens is 1200 g/mol. The van der Waals surface area contributed by atoms with Crippen LogP contribution in [0.5, 0.6) is 0 Å². The Morgan fingerprint density at radius 1 is 0.848 bits per heavy atom. The van der Waals surface area contributed by atoms with Crippen LogP contribution in [0.3, 0.4) is 0 Å². The molecule has 0 heterocycles. The molecule has 33 heavy (non-hydrogen) atoms. The fourth-order valence-corrected chi connectivity index (χ4v) is 3.05. The number of ketones is 2. The van der Waals surface area contributed by atoms with Crippen molar-refractivity contribution in [3.63, 3.8) is 0 Å². The Kier molecular flexibility index (Phi) is 17.4. The predicted octanol–water partition coefficient (Wildman–Crippen LogP) is 0.423. The first kappa shape index (κ1) is 34.3. The molecule has 9 nitrogen and oxygen atoms in total. The average molecular weight is 1220 g/mol. The van der Waals surface area contributed by atoms with Gasteiger partial charge in [-0.05, 0) is 20.1 Å². The predicted molar refractivity (Wildman–Crippen MR) is 103 cm³/mol. The van der Waals surface area contributed by atoms with Gasteiger partial charge in [0.2, 0.25) is 0 Å². The molecule has 0 saturated heterocycles. The number of rotatable bonds is 14. The summed E-state index contributed by atoms with van der Waals surface area (Å²) in [6.07, 6.45) is 8.35. The Morgan fingerprint density at radius 2 is 1.42 bits per heavy atom. The number of allylic oxidation sites excluding steroid dienone is 3. The van der Waals surface area contributed by atoms with Crippen LogP contribution in [0, 0.1) is 29.6 Å². The maximum Gasteiger partial charge on any atom is 0.330 e. The van der Waals surface area contributed by atoms with E-state index in [-0.39, 0.29) is 6.42 Å². The van der Waals surface area contributed by atoms with Gasteiger partial charge in [0.05, 0.1) is 20.1 Å². The average Bonchev–Trinajstić information content (AvgIpc) is 2.72. The van der Waals surface area contributed by atoms with Crippen molar-refractivity contribution in [3.05, 3.63) is 24.3 Å². The second-order valence-corrected chi connectivity index (χ2v) is 6.37. The Bertz CT molecular complexity index is 734. The van der Waals surface area contributed by atoms with Gasteiger partial charge in [-0.25, -0.2) is 10.9 Å². The van der Waals surface area contributed by atoms with Crippen molar-refractivity contribution in [1.82, 2.24) is 0 Å². The van der Waals surface area contributed by atoms with E-state index in [9.17, 15) is 33.6 Å². The van der Waals surface area contributed by atoms with Crippen molar-refractivity contribution in [2.75, 3.05) is 14.2 Å². The number of carbonyl (C=O) groups is 4. The molecule has 0 aromatic rings. The van der Waals surface area contributed by atoms with Gasteiger partial charge in [0.25, 0.3) is 0 Å². The summed E-state index contributed by atoms with van der Waals surface area (Å²) in [5.74, 6) is -9.09. The third kappa shape index (κ3) is 9.69. The fraction of sp³-hybridized carbons (Fsp3) is 0.476. The summed E-state index contributed by atoms with van der Waals surface area (Å²) >= 11 is 0. The number of methoxy groups -OCH3 is 2. The maximum atomic E-state index is 12.4. The van der Waals surface area contributed by atoms with Gasteiger partial charge in [-0.1, -0.05) is 12.3 Å². The van der Waals surface area contributed by atoms with Crippen LogP contribution >= 0.6 is 0 Å². The largest absolute Gasteiger partial charge is 0.542 e. The van der Waals surface area contributed by atoms with Gasteiger partial charge in [-0.2, -0.15) is 6.08 Å². The van der Waals surface area contributed by atoms with E-state index in [0.717, 1.165) is 45.4 Å². The molecule has 0 aliphatic carbocycles. The number of ether oxygens (including phenoxy) is 2. The number of esters is 2. The number of Topliss-reactive ketones (excluding diaryl/α,β-unsaturated/α-hetero) is 2. The molecule has 0 bridgehead atoms. The molecule has 0 saturated carbocycles. The fourth-order valence-electron chi connectivity index (χ4n) is 3.05. The van der Waals surface area contributed by atoms with E-state index in [0.29, 0.717) is 0 Å². The molecule has 5 atom stereocenters. The molecule has 0 aliphatic rings. The SMILES string of the molecule is COC(=O)C=CC([C-]=O)C(C(C)=O)C(CC([C-]=O)C(C=C[C-]=O)C(C)=O)C(=O)OC.[Rf].[Rf].[Rf]. The van der Waals surface area contributed by atoms with Crippen LogP contribution in [0.1, 0.15) is 20.3 Å². The van der Waals surface area contributed by atoms with Crippen molar-refractivity contribution in [3.8, 4) is 0 Å². The van der Waals surface area contributed by atoms with Gasteiger partial charge >= 0.3 is 11.9 Å². The van der Waals surface area contributed by atoms with Gasteiger partial charge in [0, 0.05) is 12.0 Å². The molecule has 0 amide bonds. The monoisotopic (exact) mass is 1220 g/mol. The minimum atomic E-state index is -1.33. The second kappa shape index (κ2) is 16.7. The summed E-state index contributed by atoms with van der Waals surface area (Å²) in [6, 6.07) is 0. The zero-order valence-corrected chi connectivity index (χ0v) is 38.4. The van der Waals surface area contributed by atoms with E-state index in [1.165, 1.54) is 13.2 Å². The summed E-state index contributed by atoms with van der Waals surface area (Å²) in [5, 5.41) is 0. The van der Waals surface area contributed by atoms with E-state index < -0.39 is 53.1 Å². The van der Waals surface area contributed by atoms with Crippen molar-refractivity contribution in [1.29, 1.82) is 0 Å². The summed E-state index contributed by atoms with van der Waals surface area (Å²) in [7, 11) is 2.17. The van der Waals surface area contributed by atoms with Crippen LogP contribution in [0.2, 0.25) is 0 Å². The van der Waals surface area contributed by atoms with Crippen molar-refractivity contribution in [2.24, 2.45) is 29.6 Å². The Hall–Kier alpha value is -6.23. The molecule has 0 aromatic carbocycles. The van der Waals surface area contributed by atoms with E-state index in [4.69, 9.17) is 4.74 Å². The summed E-state index contributed by atoms with van der Waals surface area (Å²) in [6.45, 7) is 2.31. The molecule has 170 valence electrons. The second-order valence-electron chi connectivity index (χ2n) is 6.37. The van der Waals surface area contributed by atoms with Crippen LogP contribution in [-0.2, 0) is 43.0 Å². The van der Waals surface area contributed by atoms with Crippen molar-refractivity contribution in [2.45, 2.75) is 20.3 Å². The molecule has 0 aromatic heterocycles. The Labute approximate surface area is 174 Å². The van der Waals surface area contributed by atoms with Crippen molar-refractivity contribution < 1.29 is 43.0 Å². The molecule has 0 N–H and O–H groups in total. The number of hydrogen-bond donors (Lipinski definition) is 0. The zero-order chi connectivity index (χ0) is 23.3. The normalized spacial score (nSPS) is 14.7. The van der Waals surface area contributed by atoms with Gasteiger partial charge in [0.1, 0.15) is 11.6 Å². The summed E-state index contributed by atoms with van der Waals surface area (Å²) in [4.78, 5) is 81.5. The molecule has 0 aliphatic heterocycles. The number of hydrogen-bond acceptors (Lipinski definition) is 9. The smallest absolute Gasteiger partial charge is 0.330 e. The molecule has 0 fully saturated rings. The molecule has 5 unspecified atom stereocenters. The van der Waals surface area contributed by atoms with E-state index in [1.807, 2.05) is 0 Å². The first-order valence-electron chi connectivity index (χ1n) is 8.82. The van der Waals surface area contributed by atoms with Crippen LogP contribution in [0.4, 0.5) is 0 Å². The van der Waals surface area contributed by atoms with Crippen LogP contribution in [0.15, 0.2) is 24.3 Å². The van der Waals surface area contributed by atoms with Crippen LogP contribution in [-0.4, -0.2) is 56.6 Å². The molecule has 12 heteroatoms. The number of carbonyl (C=O) groups excluding carboxylic acids is 7. The van der Waals surface area contributed by atoms with Gasteiger partial charge < -0.3 is 28.7 Å². The Balaban J connectivity index is -0.00000140. The zero-order valence-electron chi connectivity index (χ0n) is 19.2. The van der Waals surface area contributed by atoms with Gasteiger partial charge in [0.15, 0.2) is 0 Å². The third-order valence-electron chi connectivity index (χ3n) is 4.50. The topological polar surface area (TPSA) is 138 Å². The summed E-state index contributed by atoms with van der Waals surface area (Å²) < 4.78 is 9.15. The van der Waals surface area contributed by atoms with Gasteiger partial charge in [-0.15, -0.1) is 17.9 Å². The first-order chi connectivity index (χ1) is 14.2. The molecule has 0 radical (unpaired) electrons. The van der Waals surface area contributed by atoms with Gasteiger partial charge in [-0.3, -0.25) is 22.2 Å². The van der Waals surface area contributed by atoms with E-state index in [1.54, 1.807) is 12.6 Å². The minimum Gasteiger partial charge on any atom is -0.542 e.